The lowest BCUT2D eigenvalue weighted by Crippen LogP contribution is -2.30. The fourth-order valence-electron chi connectivity index (χ4n) is 7.34. The van der Waals surface area contributed by atoms with Gasteiger partial charge in [0.1, 0.15) is 40.5 Å². The minimum Gasteiger partial charge on any atom is -0.494 e. The van der Waals surface area contributed by atoms with E-state index >= 15 is 0 Å². The zero-order chi connectivity index (χ0) is 44.1. The van der Waals surface area contributed by atoms with Crippen molar-refractivity contribution in [1.82, 2.24) is 49.1 Å². The molecule has 62 heavy (non-hydrogen) atoms. The van der Waals surface area contributed by atoms with Gasteiger partial charge >= 0.3 is 0 Å². The van der Waals surface area contributed by atoms with Crippen LogP contribution < -0.4 is 37.0 Å². The number of hydrogen-bond donors (Lipinski definition) is 5. The first-order valence-electron chi connectivity index (χ1n) is 20.2. The number of nitrogens with zero attached hydrogens (tertiary/aromatic N) is 9. The van der Waals surface area contributed by atoms with E-state index in [4.69, 9.17) is 30.9 Å². The van der Waals surface area contributed by atoms with Gasteiger partial charge in [0.15, 0.2) is 0 Å². The van der Waals surface area contributed by atoms with Gasteiger partial charge in [0.25, 0.3) is 11.8 Å². The summed E-state index contributed by atoms with van der Waals surface area (Å²) < 4.78 is 18.7. The number of primary amides is 2. The second kappa shape index (κ2) is 18.5. The number of anilines is 2. The van der Waals surface area contributed by atoms with Crippen LogP contribution >= 0.6 is 0 Å². The van der Waals surface area contributed by atoms with E-state index in [0.717, 1.165) is 19.5 Å². The SMILES string of the molecule is CCn1nc(C)cc1C(=O)Nc1nc2cc(C(N)=O)cc(OC)c2n1C/C=C/Cn1c(NC(=O)c2cc(C)nn2CC)nc2cc(C(N)=O)cc(OC/C=C/CN3CCCN3)c21. The van der Waals surface area contributed by atoms with Gasteiger partial charge in [-0.2, -0.15) is 10.2 Å². The highest BCUT2D eigenvalue weighted by atomic mass is 16.5. The van der Waals surface area contributed by atoms with Crippen molar-refractivity contribution >= 4 is 57.6 Å². The lowest BCUT2D eigenvalue weighted by Gasteiger charge is -2.13. The second-order valence-electron chi connectivity index (χ2n) is 14.6. The molecule has 6 aromatic rings. The summed E-state index contributed by atoms with van der Waals surface area (Å²) in [7, 11) is 1.46. The van der Waals surface area contributed by atoms with Crippen LogP contribution in [-0.4, -0.2) is 101 Å². The molecule has 0 aliphatic carbocycles. The maximum atomic E-state index is 13.8. The molecule has 5 heterocycles. The molecule has 0 atom stereocenters. The Hall–Kier alpha value is -7.32. The number of fused-ring (bicyclic) bond motifs is 2. The molecule has 0 radical (unpaired) electrons. The number of hydrogen-bond acceptors (Lipinski definition) is 12. The summed E-state index contributed by atoms with van der Waals surface area (Å²) in [6.07, 6.45) is 8.66. The molecule has 20 nitrogen and oxygen atoms in total. The van der Waals surface area contributed by atoms with E-state index in [1.54, 1.807) is 49.7 Å². The molecule has 0 bridgehead atoms. The van der Waals surface area contributed by atoms with Crippen molar-refractivity contribution in [3.8, 4) is 11.5 Å². The van der Waals surface area contributed by atoms with Crippen LogP contribution in [0.25, 0.3) is 22.1 Å². The molecule has 324 valence electrons. The van der Waals surface area contributed by atoms with Crippen LogP contribution in [0.3, 0.4) is 0 Å². The lowest BCUT2D eigenvalue weighted by molar-refractivity contribution is 0.0991. The molecule has 0 saturated carbocycles. The smallest absolute Gasteiger partial charge is 0.276 e. The van der Waals surface area contributed by atoms with Gasteiger partial charge in [-0.1, -0.05) is 24.3 Å². The van der Waals surface area contributed by atoms with Crippen LogP contribution in [0.1, 0.15) is 73.3 Å². The number of aryl methyl sites for hydroxylation is 4. The first-order valence-corrected chi connectivity index (χ1v) is 20.2. The van der Waals surface area contributed by atoms with E-state index < -0.39 is 23.6 Å². The Balaban J connectivity index is 1.26. The summed E-state index contributed by atoms with van der Waals surface area (Å²) in [4.78, 5) is 61.7. The molecule has 7 N–H and O–H groups in total. The number of rotatable bonds is 18. The molecule has 1 aliphatic rings. The second-order valence-corrected chi connectivity index (χ2v) is 14.6. The largest absolute Gasteiger partial charge is 0.494 e. The average molecular weight is 847 g/mol. The quantitative estimate of drug-likeness (QED) is 0.0780. The molecular formula is C42H50N14O6. The molecule has 4 amide bonds. The predicted octanol–water partition coefficient (Wildman–Crippen LogP) is 3.55. The maximum Gasteiger partial charge on any atom is 0.276 e. The number of hydrazine groups is 1. The highest BCUT2D eigenvalue weighted by Crippen LogP contribution is 2.33. The minimum atomic E-state index is -0.669. The number of amides is 4. The van der Waals surface area contributed by atoms with Gasteiger partial charge in [0.05, 0.1) is 29.5 Å². The third-order valence-electron chi connectivity index (χ3n) is 10.2. The number of benzene rings is 2. The predicted molar refractivity (Wildman–Crippen MR) is 232 cm³/mol. The summed E-state index contributed by atoms with van der Waals surface area (Å²) in [5, 5.41) is 16.8. The number of nitrogens with two attached hydrogens (primary N) is 2. The number of ether oxygens (including phenoxy) is 2. The third-order valence-corrected chi connectivity index (χ3v) is 10.2. The first kappa shape index (κ1) is 42.8. The zero-order valence-corrected chi connectivity index (χ0v) is 35.3. The number of carbonyl (C=O) groups is 4. The standard InChI is InChI=1S/C42H50N14O6/c1-6-55-31(19-25(3)50-55)39(59)48-41-46-29-21-27(37(43)57)23-33(61-5)35(29)53(41)16-8-9-17-54-36-30(47-42(54)49-40(60)32-20-26(4)51-56(32)7-2)22-28(38(44)58)24-34(36)62-18-11-10-14-52-15-12-13-45-52/h8-11,19-24,45H,6-7,12-18H2,1-5H3,(H2,43,57)(H2,44,58)(H,46,48,59)(H,47,49,60)/b9-8+,11-10+. The third kappa shape index (κ3) is 9.05. The first-order chi connectivity index (χ1) is 29.9. The Morgan fingerprint density at radius 1 is 0.726 bits per heavy atom. The summed E-state index contributed by atoms with van der Waals surface area (Å²) in [5.41, 5.74) is 18.9. The van der Waals surface area contributed by atoms with E-state index in [-0.39, 0.29) is 42.7 Å². The topological polar surface area (TPSA) is 249 Å². The molecule has 0 unspecified atom stereocenters. The highest BCUT2D eigenvalue weighted by Gasteiger charge is 2.24. The summed E-state index contributed by atoms with van der Waals surface area (Å²) in [5.74, 6) is -1.19. The van der Waals surface area contributed by atoms with Crippen LogP contribution in [0.15, 0.2) is 60.7 Å². The average Bonchev–Trinajstić information content (AvgIpc) is 4.09. The van der Waals surface area contributed by atoms with Crippen molar-refractivity contribution in [2.24, 2.45) is 11.5 Å². The lowest BCUT2D eigenvalue weighted by atomic mass is 10.1. The van der Waals surface area contributed by atoms with Gasteiger partial charge in [-0.15, -0.1) is 0 Å². The van der Waals surface area contributed by atoms with Crippen molar-refractivity contribution in [3.63, 3.8) is 0 Å². The van der Waals surface area contributed by atoms with Crippen molar-refractivity contribution in [2.45, 2.75) is 60.3 Å². The van der Waals surface area contributed by atoms with Crippen LogP contribution in [0, 0.1) is 13.8 Å². The molecule has 1 saturated heterocycles. The van der Waals surface area contributed by atoms with Crippen LogP contribution in [0.5, 0.6) is 11.5 Å². The Kier molecular flexibility index (Phi) is 12.8. The van der Waals surface area contributed by atoms with E-state index in [0.29, 0.717) is 76.0 Å². The molecule has 4 aromatic heterocycles. The van der Waals surface area contributed by atoms with Crippen LogP contribution in [0.2, 0.25) is 0 Å². The number of allylic oxidation sites excluding steroid dienone is 2. The molecule has 7 rings (SSSR count). The maximum absolute atomic E-state index is 13.8. The van der Waals surface area contributed by atoms with E-state index in [2.05, 4.69) is 31.3 Å². The van der Waals surface area contributed by atoms with Crippen molar-refractivity contribution in [1.29, 1.82) is 0 Å². The summed E-state index contributed by atoms with van der Waals surface area (Å²) >= 11 is 0. The Morgan fingerprint density at radius 2 is 1.23 bits per heavy atom. The Morgan fingerprint density at radius 3 is 1.69 bits per heavy atom. The van der Waals surface area contributed by atoms with Gasteiger partial charge in [0.2, 0.25) is 23.7 Å². The molecule has 0 spiro atoms. The molecular weight excluding hydrogens is 797 g/mol. The van der Waals surface area contributed by atoms with Gasteiger partial charge < -0.3 is 30.1 Å². The van der Waals surface area contributed by atoms with Gasteiger partial charge in [-0.05, 0) is 70.5 Å². The fourth-order valence-corrected chi connectivity index (χ4v) is 7.34. The van der Waals surface area contributed by atoms with Gasteiger partial charge in [0, 0.05) is 56.9 Å². The zero-order valence-electron chi connectivity index (χ0n) is 35.3. The van der Waals surface area contributed by atoms with E-state index in [9.17, 15) is 19.2 Å². The van der Waals surface area contributed by atoms with Crippen LogP contribution in [0.4, 0.5) is 11.9 Å². The fraction of sp³-hybridized carbons (Fsp3) is 0.333. The number of nitrogens with one attached hydrogen (secondary N) is 3. The van der Waals surface area contributed by atoms with Crippen LogP contribution in [-0.2, 0) is 26.2 Å². The summed E-state index contributed by atoms with van der Waals surface area (Å²) in [6, 6.07) is 9.56. The van der Waals surface area contributed by atoms with Crippen molar-refractivity contribution in [3.05, 3.63) is 94.6 Å². The number of aromatic nitrogens is 8. The monoisotopic (exact) mass is 846 g/mol. The van der Waals surface area contributed by atoms with Crippen molar-refractivity contribution < 1.29 is 28.7 Å². The van der Waals surface area contributed by atoms with Gasteiger partial charge in [-0.25, -0.2) is 15.0 Å². The molecule has 1 aliphatic heterocycles. The van der Waals surface area contributed by atoms with Crippen molar-refractivity contribution in [2.75, 3.05) is 44.0 Å². The number of carbonyl (C=O) groups excluding carboxylic acids is 4. The van der Waals surface area contributed by atoms with E-state index in [1.165, 1.54) is 19.2 Å². The van der Waals surface area contributed by atoms with Gasteiger partial charge in [-0.3, -0.25) is 44.6 Å². The number of methoxy groups -OCH3 is 1. The molecule has 1 fully saturated rings. The Bertz CT molecular complexity index is 2730. The Labute approximate surface area is 356 Å². The summed E-state index contributed by atoms with van der Waals surface area (Å²) in [6.45, 7) is 11.4. The number of imidazole rings is 2. The van der Waals surface area contributed by atoms with E-state index in [1.807, 2.05) is 45.1 Å². The highest BCUT2D eigenvalue weighted by molar-refractivity contribution is 6.05. The minimum absolute atomic E-state index is 0.160. The molecule has 2 aromatic carbocycles. The molecule has 20 heteroatoms. The normalized spacial score (nSPS) is 13.2.